The van der Waals surface area contributed by atoms with Crippen molar-refractivity contribution in [1.29, 1.82) is 0 Å². The maximum absolute atomic E-state index is 12.0. The number of carbonyl (C=O) groups is 1. The molecule has 1 amide bonds. The van der Waals surface area contributed by atoms with Gasteiger partial charge in [0.25, 0.3) is 5.91 Å². The monoisotopic (exact) mass is 249 g/mol. The van der Waals surface area contributed by atoms with Crippen molar-refractivity contribution in [2.45, 2.75) is 19.4 Å². The fraction of sp³-hybridized carbons (Fsp3) is 0.538. The number of piperidine rings is 1. The minimum absolute atomic E-state index is 0.178. The summed E-state index contributed by atoms with van der Waals surface area (Å²) in [6.07, 6.45) is 0.945. The Morgan fingerprint density at radius 2 is 2.28 bits per heavy atom. The molecule has 2 unspecified atom stereocenters. The molecule has 0 spiro atoms. The molecule has 18 heavy (non-hydrogen) atoms. The van der Waals surface area contributed by atoms with E-state index in [9.17, 15) is 9.59 Å². The van der Waals surface area contributed by atoms with E-state index in [4.69, 9.17) is 0 Å². The van der Waals surface area contributed by atoms with Crippen LogP contribution in [0.3, 0.4) is 0 Å². The van der Waals surface area contributed by atoms with Crippen LogP contribution in [0.15, 0.2) is 23.0 Å². The highest BCUT2D eigenvalue weighted by molar-refractivity contribution is 5.92. The molecule has 0 bridgehead atoms. The number of carbonyl (C=O) groups excluding carboxylic acids is 1. The summed E-state index contributed by atoms with van der Waals surface area (Å²) < 4.78 is 0. The van der Waals surface area contributed by atoms with Gasteiger partial charge in [0.05, 0.1) is 0 Å². The molecule has 1 aliphatic rings. The number of pyridine rings is 1. The minimum atomic E-state index is -0.251. The first-order chi connectivity index (χ1) is 8.56. The normalized spacial score (nSPS) is 24.8. The number of amides is 1. The summed E-state index contributed by atoms with van der Waals surface area (Å²) in [5.41, 5.74) is 0.0766. The van der Waals surface area contributed by atoms with Gasteiger partial charge in [-0.3, -0.25) is 9.59 Å². The first-order valence-electron chi connectivity index (χ1n) is 6.25. The van der Waals surface area contributed by atoms with Crippen LogP contribution in [0.5, 0.6) is 0 Å². The van der Waals surface area contributed by atoms with E-state index in [0.717, 1.165) is 19.5 Å². The highest BCUT2D eigenvalue weighted by Crippen LogP contribution is 2.15. The second kappa shape index (κ2) is 5.35. The van der Waals surface area contributed by atoms with Crippen molar-refractivity contribution in [3.8, 4) is 0 Å². The summed E-state index contributed by atoms with van der Waals surface area (Å²) in [5, 5.41) is 3.00. The third-order valence-electron chi connectivity index (χ3n) is 3.44. The van der Waals surface area contributed by atoms with Crippen LogP contribution in [-0.2, 0) is 0 Å². The lowest BCUT2D eigenvalue weighted by atomic mass is 9.94. The second-order valence-corrected chi connectivity index (χ2v) is 5.04. The quantitative estimate of drug-likeness (QED) is 0.799. The van der Waals surface area contributed by atoms with E-state index in [0.29, 0.717) is 11.6 Å². The van der Waals surface area contributed by atoms with Crippen molar-refractivity contribution in [3.63, 3.8) is 0 Å². The molecule has 0 aromatic carbocycles. The molecule has 0 saturated carbocycles. The van der Waals surface area contributed by atoms with E-state index in [1.54, 1.807) is 12.1 Å². The van der Waals surface area contributed by atoms with E-state index < -0.39 is 0 Å². The summed E-state index contributed by atoms with van der Waals surface area (Å²) in [5.74, 6) is 0.220. The van der Waals surface area contributed by atoms with Crippen LogP contribution < -0.4 is 10.9 Å². The van der Waals surface area contributed by atoms with Gasteiger partial charge in [-0.05, 0) is 32.0 Å². The average molecular weight is 249 g/mol. The van der Waals surface area contributed by atoms with Gasteiger partial charge in [0.2, 0.25) is 5.56 Å². The molecule has 98 valence electrons. The molecule has 2 N–H and O–H groups in total. The predicted octanol–water partition coefficient (Wildman–Crippen LogP) is 0.445. The number of H-pyrrole nitrogens is 1. The zero-order valence-electron chi connectivity index (χ0n) is 10.8. The maximum Gasteiger partial charge on any atom is 0.268 e. The van der Waals surface area contributed by atoms with Gasteiger partial charge in [-0.15, -0.1) is 0 Å². The number of aromatic nitrogens is 1. The lowest BCUT2D eigenvalue weighted by Gasteiger charge is -2.35. The predicted molar refractivity (Wildman–Crippen MR) is 69.6 cm³/mol. The van der Waals surface area contributed by atoms with Crippen molar-refractivity contribution >= 4 is 5.91 Å². The summed E-state index contributed by atoms with van der Waals surface area (Å²) in [6.45, 7) is 4.10. The molecule has 1 aliphatic heterocycles. The number of hydrogen-bond acceptors (Lipinski definition) is 3. The zero-order valence-corrected chi connectivity index (χ0v) is 10.8. The van der Waals surface area contributed by atoms with E-state index in [2.05, 4.69) is 29.2 Å². The van der Waals surface area contributed by atoms with Gasteiger partial charge in [-0.25, -0.2) is 0 Å². The Kier molecular flexibility index (Phi) is 3.81. The molecule has 1 saturated heterocycles. The molecular weight excluding hydrogens is 230 g/mol. The van der Waals surface area contributed by atoms with Crippen LogP contribution in [0.1, 0.15) is 23.8 Å². The lowest BCUT2D eigenvalue weighted by Crippen LogP contribution is -2.49. The largest absolute Gasteiger partial charge is 0.348 e. The lowest BCUT2D eigenvalue weighted by molar-refractivity contribution is 0.0878. The van der Waals surface area contributed by atoms with Crippen LogP contribution in [0.4, 0.5) is 0 Å². The molecule has 2 rings (SSSR count). The molecule has 1 aromatic heterocycles. The first kappa shape index (κ1) is 12.8. The van der Waals surface area contributed by atoms with Gasteiger partial charge in [0.15, 0.2) is 0 Å². The Balaban J connectivity index is 2.01. The standard InChI is InChI=1S/C13H19N3O2/c1-9-8-16(2)7-6-10(9)15-13(18)11-4-3-5-12(17)14-11/h3-5,9-10H,6-8H2,1-2H3,(H,14,17)(H,15,18). The minimum Gasteiger partial charge on any atom is -0.348 e. The summed E-state index contributed by atoms with van der Waals surface area (Å²) in [7, 11) is 2.09. The van der Waals surface area contributed by atoms with Crippen molar-refractivity contribution in [2.24, 2.45) is 5.92 Å². The van der Waals surface area contributed by atoms with Crippen LogP contribution >= 0.6 is 0 Å². The molecule has 1 fully saturated rings. The third-order valence-corrected chi connectivity index (χ3v) is 3.44. The molecule has 2 atom stereocenters. The van der Waals surface area contributed by atoms with Gasteiger partial charge >= 0.3 is 0 Å². The van der Waals surface area contributed by atoms with Gasteiger partial charge in [0, 0.05) is 18.7 Å². The van der Waals surface area contributed by atoms with Gasteiger partial charge in [-0.1, -0.05) is 13.0 Å². The molecular formula is C13H19N3O2. The van der Waals surface area contributed by atoms with Crippen molar-refractivity contribution in [3.05, 3.63) is 34.2 Å². The van der Waals surface area contributed by atoms with Gasteiger partial charge in [-0.2, -0.15) is 0 Å². The van der Waals surface area contributed by atoms with E-state index in [-0.39, 0.29) is 17.5 Å². The molecule has 5 nitrogen and oxygen atoms in total. The smallest absolute Gasteiger partial charge is 0.268 e. The topological polar surface area (TPSA) is 65.2 Å². The van der Waals surface area contributed by atoms with Crippen molar-refractivity contribution in [2.75, 3.05) is 20.1 Å². The van der Waals surface area contributed by atoms with Crippen LogP contribution in [0.2, 0.25) is 0 Å². The maximum atomic E-state index is 12.0. The molecule has 2 heterocycles. The fourth-order valence-corrected chi connectivity index (χ4v) is 2.39. The number of nitrogens with zero attached hydrogens (tertiary/aromatic N) is 1. The Hall–Kier alpha value is -1.62. The van der Waals surface area contributed by atoms with Gasteiger partial charge in [0.1, 0.15) is 5.69 Å². The van der Waals surface area contributed by atoms with E-state index >= 15 is 0 Å². The Labute approximate surface area is 106 Å². The fourth-order valence-electron chi connectivity index (χ4n) is 2.39. The summed E-state index contributed by atoms with van der Waals surface area (Å²) in [4.78, 5) is 28.0. The Morgan fingerprint density at radius 3 is 2.94 bits per heavy atom. The SMILES string of the molecule is CC1CN(C)CCC1NC(=O)c1cccc(=O)[nH]1. The van der Waals surface area contributed by atoms with Crippen LogP contribution in [0.25, 0.3) is 0 Å². The molecule has 0 aliphatic carbocycles. The second-order valence-electron chi connectivity index (χ2n) is 5.04. The number of rotatable bonds is 2. The van der Waals surface area contributed by atoms with E-state index in [1.165, 1.54) is 6.07 Å². The van der Waals surface area contributed by atoms with E-state index in [1.807, 2.05) is 0 Å². The summed E-state index contributed by atoms with van der Waals surface area (Å²) in [6, 6.07) is 4.79. The van der Waals surface area contributed by atoms with Crippen LogP contribution in [0, 0.1) is 5.92 Å². The molecule has 5 heteroatoms. The Bertz CT molecular complexity index is 483. The Morgan fingerprint density at radius 1 is 1.50 bits per heavy atom. The third kappa shape index (κ3) is 2.98. The highest BCUT2D eigenvalue weighted by atomic mass is 16.2. The average Bonchev–Trinajstić information content (AvgIpc) is 2.32. The van der Waals surface area contributed by atoms with Crippen molar-refractivity contribution < 1.29 is 4.79 Å². The van der Waals surface area contributed by atoms with Crippen molar-refractivity contribution in [1.82, 2.24) is 15.2 Å². The zero-order chi connectivity index (χ0) is 13.1. The number of likely N-dealkylation sites (tertiary alicyclic amines) is 1. The first-order valence-corrected chi connectivity index (χ1v) is 6.25. The molecule has 1 aromatic rings. The van der Waals surface area contributed by atoms with Gasteiger partial charge < -0.3 is 15.2 Å². The number of nitrogens with one attached hydrogen (secondary N) is 2. The number of aromatic amines is 1. The van der Waals surface area contributed by atoms with Crippen LogP contribution in [-0.4, -0.2) is 42.0 Å². The molecule has 0 radical (unpaired) electrons. The number of hydrogen-bond donors (Lipinski definition) is 2. The highest BCUT2D eigenvalue weighted by Gasteiger charge is 2.25. The summed E-state index contributed by atoms with van der Waals surface area (Å²) >= 11 is 0.